The molecule has 6 heteroatoms. The van der Waals surface area contributed by atoms with E-state index in [9.17, 15) is 0 Å². The van der Waals surface area contributed by atoms with Gasteiger partial charge in [-0.05, 0) is 48.6 Å². The van der Waals surface area contributed by atoms with Crippen molar-refractivity contribution in [3.05, 3.63) is 88.1 Å². The number of thiophene rings is 1. The van der Waals surface area contributed by atoms with E-state index in [-0.39, 0.29) is 0 Å². The summed E-state index contributed by atoms with van der Waals surface area (Å²) in [5.41, 5.74) is 7.68. The molecule has 0 spiro atoms. The van der Waals surface area contributed by atoms with Crippen molar-refractivity contribution in [1.29, 1.82) is 0 Å². The molecule has 0 atom stereocenters. The van der Waals surface area contributed by atoms with Gasteiger partial charge in [-0.2, -0.15) is 5.10 Å². The van der Waals surface area contributed by atoms with Gasteiger partial charge in [0.1, 0.15) is 0 Å². The second-order valence-electron chi connectivity index (χ2n) is 6.86. The summed E-state index contributed by atoms with van der Waals surface area (Å²) in [5, 5.41) is 7.25. The Balaban J connectivity index is 1.38. The molecule has 0 aliphatic rings. The number of hydrazone groups is 1. The number of nitrogens with one attached hydrogen (secondary N) is 1. The highest BCUT2D eigenvalue weighted by atomic mass is 32.1. The lowest BCUT2D eigenvalue weighted by Gasteiger charge is -2.23. The van der Waals surface area contributed by atoms with Crippen LogP contribution in [-0.4, -0.2) is 17.7 Å². The maximum atomic E-state index is 4.67. The van der Waals surface area contributed by atoms with Gasteiger partial charge in [-0.25, -0.2) is 4.98 Å². The standard InChI is InChI=1S/C24H24N4S2/c1-3-28(17-20-8-5-4-6-9-20)21-13-11-19(12-14-21)16-25-27-24-26-23(18(2)30-24)22-10-7-15-29-22/h4-16H,3,17H2,1-2H3,(H,26,27)/b25-16-. The van der Waals surface area contributed by atoms with Crippen molar-refractivity contribution < 1.29 is 0 Å². The molecule has 2 aromatic heterocycles. The van der Waals surface area contributed by atoms with Gasteiger partial charge in [-0.3, -0.25) is 5.43 Å². The third kappa shape index (κ3) is 4.96. The van der Waals surface area contributed by atoms with E-state index in [0.29, 0.717) is 0 Å². The van der Waals surface area contributed by atoms with E-state index in [4.69, 9.17) is 0 Å². The molecular weight excluding hydrogens is 408 g/mol. The molecule has 0 bridgehead atoms. The summed E-state index contributed by atoms with van der Waals surface area (Å²) < 4.78 is 0. The Morgan fingerprint density at radius 2 is 1.83 bits per heavy atom. The summed E-state index contributed by atoms with van der Waals surface area (Å²) in [4.78, 5) is 9.41. The Morgan fingerprint density at radius 3 is 2.53 bits per heavy atom. The average Bonchev–Trinajstić information content (AvgIpc) is 3.43. The molecule has 4 rings (SSSR count). The van der Waals surface area contributed by atoms with E-state index in [1.807, 2.05) is 12.3 Å². The van der Waals surface area contributed by atoms with Crippen molar-refractivity contribution in [3.63, 3.8) is 0 Å². The molecule has 0 unspecified atom stereocenters. The van der Waals surface area contributed by atoms with Crippen molar-refractivity contribution in [2.45, 2.75) is 20.4 Å². The maximum absolute atomic E-state index is 4.67. The molecule has 0 saturated carbocycles. The van der Waals surface area contributed by atoms with E-state index < -0.39 is 0 Å². The Bertz CT molecular complexity index is 1080. The number of hydrogen-bond donors (Lipinski definition) is 1. The van der Waals surface area contributed by atoms with Crippen LogP contribution in [0.1, 0.15) is 22.9 Å². The normalized spacial score (nSPS) is 11.1. The van der Waals surface area contributed by atoms with Crippen LogP contribution in [0.25, 0.3) is 10.6 Å². The Hall–Kier alpha value is -2.96. The molecular formula is C24H24N4S2. The fourth-order valence-electron chi connectivity index (χ4n) is 3.21. The zero-order valence-electron chi connectivity index (χ0n) is 17.1. The monoisotopic (exact) mass is 432 g/mol. The van der Waals surface area contributed by atoms with E-state index in [1.165, 1.54) is 21.0 Å². The highest BCUT2D eigenvalue weighted by molar-refractivity contribution is 7.17. The van der Waals surface area contributed by atoms with Gasteiger partial charge < -0.3 is 4.90 Å². The molecule has 4 aromatic rings. The van der Waals surface area contributed by atoms with Crippen LogP contribution in [0.3, 0.4) is 0 Å². The molecule has 2 heterocycles. The second kappa shape index (κ2) is 9.69. The molecule has 0 fully saturated rings. The Labute approximate surface area is 185 Å². The summed E-state index contributed by atoms with van der Waals surface area (Å²) in [6.07, 6.45) is 1.83. The fraction of sp³-hybridized carbons (Fsp3) is 0.167. The van der Waals surface area contributed by atoms with Crippen LogP contribution in [0.4, 0.5) is 10.8 Å². The number of rotatable bonds is 8. The Kier molecular flexibility index (Phi) is 6.57. The highest BCUT2D eigenvalue weighted by Crippen LogP contribution is 2.32. The lowest BCUT2D eigenvalue weighted by Crippen LogP contribution is -2.21. The lowest BCUT2D eigenvalue weighted by atomic mass is 10.1. The van der Waals surface area contributed by atoms with Gasteiger partial charge in [-0.15, -0.1) is 22.7 Å². The van der Waals surface area contributed by atoms with Crippen LogP contribution in [0.15, 0.2) is 77.2 Å². The van der Waals surface area contributed by atoms with Gasteiger partial charge in [-0.1, -0.05) is 48.5 Å². The first-order valence-electron chi connectivity index (χ1n) is 9.92. The van der Waals surface area contributed by atoms with E-state index >= 15 is 0 Å². The van der Waals surface area contributed by atoms with Crippen molar-refractivity contribution >= 4 is 39.7 Å². The summed E-state index contributed by atoms with van der Waals surface area (Å²) in [6.45, 7) is 6.14. The number of hydrogen-bond acceptors (Lipinski definition) is 6. The zero-order valence-corrected chi connectivity index (χ0v) is 18.7. The molecule has 1 N–H and O–H groups in total. The summed E-state index contributed by atoms with van der Waals surface area (Å²) in [5.74, 6) is 0. The van der Waals surface area contributed by atoms with Gasteiger partial charge in [0.2, 0.25) is 5.13 Å². The number of anilines is 2. The average molecular weight is 433 g/mol. The highest BCUT2D eigenvalue weighted by Gasteiger charge is 2.10. The second-order valence-corrected chi connectivity index (χ2v) is 9.01. The van der Waals surface area contributed by atoms with Gasteiger partial charge in [0, 0.05) is 23.7 Å². The molecule has 30 heavy (non-hydrogen) atoms. The van der Waals surface area contributed by atoms with Crippen molar-refractivity contribution in [2.75, 3.05) is 16.9 Å². The molecule has 0 aliphatic carbocycles. The third-order valence-electron chi connectivity index (χ3n) is 4.78. The van der Waals surface area contributed by atoms with Crippen LogP contribution in [-0.2, 0) is 6.54 Å². The SMILES string of the molecule is CCN(Cc1ccccc1)c1ccc(/C=N\Nc2nc(-c3cccs3)c(C)s2)cc1. The first-order valence-corrected chi connectivity index (χ1v) is 11.6. The van der Waals surface area contributed by atoms with Crippen LogP contribution in [0.2, 0.25) is 0 Å². The smallest absolute Gasteiger partial charge is 0.204 e. The lowest BCUT2D eigenvalue weighted by molar-refractivity contribution is 0.832. The van der Waals surface area contributed by atoms with Gasteiger partial charge >= 0.3 is 0 Å². The first-order chi connectivity index (χ1) is 14.7. The largest absolute Gasteiger partial charge is 0.367 e. The minimum Gasteiger partial charge on any atom is -0.367 e. The van der Waals surface area contributed by atoms with Crippen LogP contribution < -0.4 is 10.3 Å². The summed E-state index contributed by atoms with van der Waals surface area (Å²) in [7, 11) is 0. The molecule has 4 nitrogen and oxygen atoms in total. The predicted molar refractivity (Wildman–Crippen MR) is 131 cm³/mol. The summed E-state index contributed by atoms with van der Waals surface area (Å²) in [6, 6.07) is 23.2. The zero-order chi connectivity index (χ0) is 20.8. The molecule has 152 valence electrons. The van der Waals surface area contributed by atoms with E-state index in [0.717, 1.165) is 29.5 Å². The minimum atomic E-state index is 0.809. The predicted octanol–water partition coefficient (Wildman–Crippen LogP) is 6.65. The van der Waals surface area contributed by atoms with Gasteiger partial charge in [0.25, 0.3) is 0 Å². The number of benzene rings is 2. The molecule has 0 radical (unpaired) electrons. The third-order valence-corrected chi connectivity index (χ3v) is 6.53. The quantitative estimate of drug-likeness (QED) is 0.250. The van der Waals surface area contributed by atoms with Crippen molar-refractivity contribution in [1.82, 2.24) is 4.98 Å². The number of aryl methyl sites for hydroxylation is 1. The van der Waals surface area contributed by atoms with Crippen molar-refractivity contribution in [3.8, 4) is 10.6 Å². The minimum absolute atomic E-state index is 0.809. The summed E-state index contributed by atoms with van der Waals surface area (Å²) >= 11 is 3.33. The van der Waals surface area contributed by atoms with Crippen LogP contribution in [0.5, 0.6) is 0 Å². The number of aromatic nitrogens is 1. The Morgan fingerprint density at radius 1 is 1.03 bits per heavy atom. The molecule has 0 aliphatic heterocycles. The van der Waals surface area contributed by atoms with Crippen LogP contribution >= 0.6 is 22.7 Å². The molecule has 2 aromatic carbocycles. The van der Waals surface area contributed by atoms with Gasteiger partial charge in [0.15, 0.2) is 0 Å². The van der Waals surface area contributed by atoms with Crippen LogP contribution in [0, 0.1) is 6.92 Å². The molecule has 0 saturated heterocycles. The van der Waals surface area contributed by atoms with E-state index in [1.54, 1.807) is 22.7 Å². The number of thiazole rings is 1. The topological polar surface area (TPSA) is 40.5 Å². The van der Waals surface area contributed by atoms with Crippen molar-refractivity contribution in [2.24, 2.45) is 5.10 Å². The first kappa shape index (κ1) is 20.3. The maximum Gasteiger partial charge on any atom is 0.204 e. The molecule has 0 amide bonds. The van der Waals surface area contributed by atoms with Gasteiger partial charge in [0.05, 0.1) is 16.8 Å². The fourth-order valence-corrected chi connectivity index (χ4v) is 4.82. The number of nitrogens with zero attached hydrogens (tertiary/aromatic N) is 3. The van der Waals surface area contributed by atoms with E-state index in [2.05, 4.69) is 100 Å².